The molecule has 4 aliphatic carbocycles. The van der Waals surface area contributed by atoms with Crippen molar-refractivity contribution in [2.75, 3.05) is 13.2 Å². The highest BCUT2D eigenvalue weighted by Gasteiger charge is 2.64. The van der Waals surface area contributed by atoms with Gasteiger partial charge in [0.15, 0.2) is 5.78 Å². The van der Waals surface area contributed by atoms with E-state index >= 15 is 0 Å². The van der Waals surface area contributed by atoms with Gasteiger partial charge in [-0.1, -0.05) is 37.1 Å². The number of carbonyl (C=O) groups is 2. The van der Waals surface area contributed by atoms with Gasteiger partial charge < -0.3 is 20.7 Å². The van der Waals surface area contributed by atoms with Crippen molar-refractivity contribution in [1.82, 2.24) is 0 Å². The molecule has 4 rings (SSSR count). The summed E-state index contributed by atoms with van der Waals surface area (Å²) in [5.74, 6) is 0.0453. The number of Topliss-reactive ketones (excluding diaryl/α,β-unsaturated/α-hetero) is 1. The van der Waals surface area contributed by atoms with Crippen LogP contribution in [-0.2, 0) is 14.3 Å². The number of rotatable bonds is 7. The first-order chi connectivity index (χ1) is 14.6. The van der Waals surface area contributed by atoms with Gasteiger partial charge in [-0.25, -0.2) is 0 Å². The fourth-order valence-corrected chi connectivity index (χ4v) is 7.11. The minimum Gasteiger partial charge on any atom is -0.389 e. The lowest BCUT2D eigenvalue weighted by molar-refractivity contribution is -0.157. The van der Waals surface area contributed by atoms with Crippen LogP contribution in [0.1, 0.15) is 71.6 Å². The zero-order chi connectivity index (χ0) is 22.4. The molecule has 6 heteroatoms. The van der Waals surface area contributed by atoms with Gasteiger partial charge in [0.05, 0.1) is 6.10 Å². The highest BCUT2D eigenvalue weighted by atomic mass is 16.5. The van der Waals surface area contributed by atoms with E-state index in [1.807, 2.05) is 0 Å². The second-order valence-electron chi connectivity index (χ2n) is 10.6. The molecule has 0 aromatic heterocycles. The van der Waals surface area contributed by atoms with E-state index in [1.165, 1.54) is 11.1 Å². The average Bonchev–Trinajstić information content (AvgIpc) is 3.00. The Hall–Kier alpha value is -1.50. The van der Waals surface area contributed by atoms with E-state index < -0.39 is 11.0 Å². The van der Waals surface area contributed by atoms with Crippen LogP contribution in [-0.4, -0.2) is 46.8 Å². The smallest absolute Gasteiger partial charge is 0.217 e. The molecule has 0 aliphatic heterocycles. The first-order valence-corrected chi connectivity index (χ1v) is 11.8. The van der Waals surface area contributed by atoms with E-state index in [1.54, 1.807) is 0 Å². The number of hydrogen-bond acceptors (Lipinski definition) is 5. The molecule has 0 heterocycles. The summed E-state index contributed by atoms with van der Waals surface area (Å²) in [6.45, 7) is 4.57. The van der Waals surface area contributed by atoms with Crippen LogP contribution >= 0.6 is 0 Å². The maximum absolute atomic E-state index is 13.1. The monoisotopic (exact) mass is 431 g/mol. The number of ketones is 1. The minimum absolute atomic E-state index is 0.0116. The number of aliphatic hydroxyl groups is 2. The molecule has 0 bridgehead atoms. The molecule has 4 N–H and O–H groups in total. The number of nitrogens with two attached hydrogens (primary N) is 1. The highest BCUT2D eigenvalue weighted by molar-refractivity contribution is 5.89. The van der Waals surface area contributed by atoms with Gasteiger partial charge in [-0.2, -0.15) is 0 Å². The average molecular weight is 432 g/mol. The topological polar surface area (TPSA) is 110 Å². The molecule has 0 radical (unpaired) electrons. The van der Waals surface area contributed by atoms with Crippen molar-refractivity contribution in [3.63, 3.8) is 0 Å². The van der Waals surface area contributed by atoms with Crippen molar-refractivity contribution in [1.29, 1.82) is 0 Å². The number of aliphatic hydroxyl groups excluding tert-OH is 1. The van der Waals surface area contributed by atoms with E-state index in [2.05, 4.69) is 26.0 Å². The van der Waals surface area contributed by atoms with Crippen molar-refractivity contribution in [2.24, 2.45) is 28.4 Å². The van der Waals surface area contributed by atoms with Crippen LogP contribution in [0.5, 0.6) is 0 Å². The Morgan fingerprint density at radius 2 is 2.00 bits per heavy atom. The number of hydrogen-bond donors (Lipinski definition) is 3. The first-order valence-electron chi connectivity index (χ1n) is 11.8. The summed E-state index contributed by atoms with van der Waals surface area (Å²) < 4.78 is 5.49. The van der Waals surface area contributed by atoms with Gasteiger partial charge in [0.25, 0.3) is 0 Å². The fourth-order valence-electron chi connectivity index (χ4n) is 7.11. The summed E-state index contributed by atoms with van der Waals surface area (Å²) in [6.07, 6.45) is 10.6. The number of fused-ring (bicyclic) bond motifs is 5. The maximum Gasteiger partial charge on any atom is 0.217 e. The zero-order valence-electron chi connectivity index (χ0n) is 18.9. The number of primary amides is 1. The zero-order valence-corrected chi connectivity index (χ0v) is 18.9. The van der Waals surface area contributed by atoms with Crippen molar-refractivity contribution in [3.8, 4) is 0 Å². The van der Waals surface area contributed by atoms with Crippen molar-refractivity contribution >= 4 is 11.7 Å². The lowest BCUT2D eigenvalue weighted by Crippen LogP contribution is -2.55. The third kappa shape index (κ3) is 3.61. The summed E-state index contributed by atoms with van der Waals surface area (Å²) in [5.41, 5.74) is 6.13. The van der Waals surface area contributed by atoms with Crippen molar-refractivity contribution in [2.45, 2.75) is 83.3 Å². The predicted octanol–water partition coefficient (Wildman–Crippen LogP) is 2.81. The number of amides is 1. The molecule has 6 nitrogen and oxygen atoms in total. The van der Waals surface area contributed by atoms with E-state index in [9.17, 15) is 19.8 Å². The Morgan fingerprint density at radius 1 is 1.23 bits per heavy atom. The third-order valence-electron chi connectivity index (χ3n) is 9.02. The second-order valence-corrected chi connectivity index (χ2v) is 10.6. The molecular formula is C25H37NO5. The SMILES string of the molecule is C[C@]12CCC(O)C=C1CCC1C2=CC[C@@]2(C)C1CC[C@]2(O)C(=O)COCCCC(N)=O. The molecule has 3 unspecified atom stereocenters. The minimum atomic E-state index is -1.37. The Labute approximate surface area is 184 Å². The quantitative estimate of drug-likeness (QED) is 0.424. The number of ether oxygens (including phenoxy) is 1. The maximum atomic E-state index is 13.1. The van der Waals surface area contributed by atoms with Crippen molar-refractivity contribution < 1.29 is 24.5 Å². The Kier molecular flexibility index (Phi) is 5.95. The molecule has 172 valence electrons. The van der Waals surface area contributed by atoms with Crippen LogP contribution in [0.4, 0.5) is 0 Å². The van der Waals surface area contributed by atoms with Gasteiger partial charge >= 0.3 is 0 Å². The standard InChI is InChI=1S/C25H37NO5/c1-23-10-7-17(27)14-16(23)5-6-18-19(23)8-11-24(2)20(18)9-12-25(24,30)21(28)15-31-13-3-4-22(26)29/h8,14,17-18,20,27,30H,3-7,9-13,15H2,1-2H3,(H2,26,29)/t17?,18?,20?,23-,24-,25-/m0/s1. The highest BCUT2D eigenvalue weighted by Crippen LogP contribution is 2.65. The van der Waals surface area contributed by atoms with Crippen LogP contribution in [0.2, 0.25) is 0 Å². The first kappa shape index (κ1) is 22.7. The molecule has 1 amide bonds. The molecule has 0 aromatic rings. The van der Waals surface area contributed by atoms with E-state index in [4.69, 9.17) is 10.5 Å². The molecule has 6 atom stereocenters. The molecule has 2 fully saturated rings. The van der Waals surface area contributed by atoms with Gasteiger partial charge in [0, 0.05) is 23.9 Å². The predicted molar refractivity (Wildman–Crippen MR) is 117 cm³/mol. The summed E-state index contributed by atoms with van der Waals surface area (Å²) in [7, 11) is 0. The third-order valence-corrected chi connectivity index (χ3v) is 9.02. The summed E-state index contributed by atoms with van der Waals surface area (Å²) >= 11 is 0. The van der Waals surface area contributed by atoms with Crippen LogP contribution in [0.15, 0.2) is 23.3 Å². The van der Waals surface area contributed by atoms with Gasteiger partial charge in [-0.15, -0.1) is 0 Å². The normalized spacial score (nSPS) is 41.5. The van der Waals surface area contributed by atoms with Gasteiger partial charge in [0.2, 0.25) is 5.91 Å². The van der Waals surface area contributed by atoms with E-state index in [-0.39, 0.29) is 48.8 Å². The Morgan fingerprint density at radius 3 is 2.74 bits per heavy atom. The summed E-state index contributed by atoms with van der Waals surface area (Å²) in [5, 5.41) is 21.7. The van der Waals surface area contributed by atoms with E-state index in [0.717, 1.165) is 32.1 Å². The van der Waals surface area contributed by atoms with Crippen molar-refractivity contribution in [3.05, 3.63) is 23.3 Å². The van der Waals surface area contributed by atoms with Gasteiger partial charge in [-0.05, 0) is 63.2 Å². The Bertz CT molecular complexity index is 819. The molecule has 0 saturated heterocycles. The lowest BCUT2D eigenvalue weighted by atomic mass is 9.50. The van der Waals surface area contributed by atoms with Gasteiger partial charge in [0.1, 0.15) is 12.2 Å². The molecule has 0 spiro atoms. The molecular weight excluding hydrogens is 394 g/mol. The second kappa shape index (κ2) is 8.13. The largest absolute Gasteiger partial charge is 0.389 e. The van der Waals surface area contributed by atoms with Gasteiger partial charge in [-0.3, -0.25) is 9.59 Å². The molecule has 31 heavy (non-hydrogen) atoms. The summed E-state index contributed by atoms with van der Waals surface area (Å²) in [4.78, 5) is 23.9. The summed E-state index contributed by atoms with van der Waals surface area (Å²) in [6, 6.07) is 0. The van der Waals surface area contributed by atoms with Crippen LogP contribution in [0.3, 0.4) is 0 Å². The lowest BCUT2D eigenvalue weighted by Gasteiger charge is -2.55. The van der Waals surface area contributed by atoms with Crippen LogP contribution < -0.4 is 5.73 Å². The van der Waals surface area contributed by atoms with Crippen LogP contribution in [0, 0.1) is 22.7 Å². The Balaban J connectivity index is 1.50. The number of carbonyl (C=O) groups excluding carboxylic acids is 2. The molecule has 2 saturated carbocycles. The van der Waals surface area contributed by atoms with E-state index in [0.29, 0.717) is 25.2 Å². The molecule has 0 aromatic carbocycles. The van der Waals surface area contributed by atoms with Crippen LogP contribution in [0.25, 0.3) is 0 Å². The fraction of sp³-hybridized carbons (Fsp3) is 0.760. The number of allylic oxidation sites excluding steroid dienone is 3. The molecule has 4 aliphatic rings.